The quantitative estimate of drug-likeness (QED) is 0.0822. The van der Waals surface area contributed by atoms with Crippen molar-refractivity contribution in [2.75, 3.05) is 6.38 Å². The SMILES string of the molecule is C.C=C(C)C(CC=C(C)C)C(=O)O.C=CC(C)(C)OC(=O)C=C(C)C.CCl.C[Si](C)(C)N[Si](C)(C)C.[CH3-].[Cl-].[H-].[H-].[Mg+2].[Mg+2]. The Balaban J connectivity index is -0.0000000345. The number of carbonyl (C=O) groups is 2. The van der Waals surface area contributed by atoms with E-state index in [1.54, 1.807) is 26.8 Å². The first-order valence-corrected chi connectivity index (χ1v) is 19.5. The van der Waals surface area contributed by atoms with Crippen molar-refractivity contribution in [3.8, 4) is 0 Å². The summed E-state index contributed by atoms with van der Waals surface area (Å²) in [4.78, 5) is 21.7. The second kappa shape index (κ2) is 32.3. The average molecular weight is 666 g/mol. The van der Waals surface area contributed by atoms with Gasteiger partial charge in [0.2, 0.25) is 0 Å². The van der Waals surface area contributed by atoms with Crippen LogP contribution in [0.4, 0.5) is 0 Å². The Kier molecular flexibility index (Phi) is 51.4. The Morgan fingerprint density at radius 1 is 0.975 bits per heavy atom. The second-order valence-electron chi connectivity index (χ2n) is 11.3. The van der Waals surface area contributed by atoms with Gasteiger partial charge < -0.3 is 37.2 Å². The molecule has 0 aliphatic heterocycles. The van der Waals surface area contributed by atoms with Crippen molar-refractivity contribution in [3.05, 3.63) is 55.5 Å². The van der Waals surface area contributed by atoms with E-state index in [2.05, 4.69) is 68.7 Å². The number of hydrogen-bond acceptors (Lipinski definition) is 4. The van der Waals surface area contributed by atoms with E-state index >= 15 is 0 Å². The third-order valence-corrected chi connectivity index (χ3v) is 9.67. The minimum Gasteiger partial charge on any atom is -1.00 e. The molecule has 5 nitrogen and oxygen atoms in total. The summed E-state index contributed by atoms with van der Waals surface area (Å²) in [7, 11) is -1.96. The molecule has 0 saturated carbocycles. The Labute approximate surface area is 298 Å². The number of carboxylic acids is 1. The van der Waals surface area contributed by atoms with Gasteiger partial charge in [0.15, 0.2) is 0 Å². The van der Waals surface area contributed by atoms with Gasteiger partial charge in [0.1, 0.15) is 22.1 Å². The topological polar surface area (TPSA) is 75.6 Å². The minimum atomic E-state index is -0.981. The summed E-state index contributed by atoms with van der Waals surface area (Å²) in [5.74, 6) is -1.54. The minimum absolute atomic E-state index is 0. The first kappa shape index (κ1) is 63.6. The van der Waals surface area contributed by atoms with Crippen molar-refractivity contribution in [3.63, 3.8) is 0 Å². The van der Waals surface area contributed by atoms with Crippen LogP contribution in [0, 0.1) is 13.3 Å². The molecule has 1 unspecified atom stereocenters. The number of allylic oxidation sites excluding steroid dienone is 3. The van der Waals surface area contributed by atoms with Gasteiger partial charge >= 0.3 is 58.0 Å². The smallest absolute Gasteiger partial charge is 1.00 e. The van der Waals surface area contributed by atoms with E-state index in [9.17, 15) is 9.59 Å². The number of esters is 1. The van der Waals surface area contributed by atoms with Crippen LogP contribution >= 0.6 is 11.6 Å². The van der Waals surface area contributed by atoms with Gasteiger partial charge in [0.05, 0.1) is 5.92 Å². The molecule has 0 amide bonds. The summed E-state index contributed by atoms with van der Waals surface area (Å²) < 4.78 is 8.80. The molecule has 0 radical (unpaired) electrons. The molecule has 2 N–H and O–H groups in total. The van der Waals surface area contributed by atoms with Crippen LogP contribution in [0.25, 0.3) is 0 Å². The number of aliphatic carboxylic acids is 1. The molecule has 0 rings (SSSR count). The van der Waals surface area contributed by atoms with E-state index in [0.29, 0.717) is 12.0 Å². The molecule has 1 atom stereocenters. The van der Waals surface area contributed by atoms with E-state index in [0.717, 1.165) is 11.1 Å². The summed E-state index contributed by atoms with van der Waals surface area (Å²) in [6, 6.07) is 0. The molecule has 0 fully saturated rings. The van der Waals surface area contributed by atoms with Crippen LogP contribution in [0.15, 0.2) is 48.1 Å². The molecule has 0 spiro atoms. The van der Waals surface area contributed by atoms with Crippen LogP contribution in [0.2, 0.25) is 39.3 Å². The third kappa shape index (κ3) is 54.5. The molecule has 11 heteroatoms. The Hall–Kier alpha value is 0.406. The predicted octanol–water partition coefficient (Wildman–Crippen LogP) is 5.73. The first-order chi connectivity index (χ1) is 15.5. The summed E-state index contributed by atoms with van der Waals surface area (Å²) in [5, 5.41) is 8.77. The maximum atomic E-state index is 11.1. The van der Waals surface area contributed by atoms with Gasteiger partial charge in [-0.1, -0.05) is 82.7 Å². The number of hydrogen-bond donors (Lipinski definition) is 2. The molecular weight excluding hydrogens is 602 g/mol. The van der Waals surface area contributed by atoms with Gasteiger partial charge in [-0.15, -0.1) is 11.6 Å². The van der Waals surface area contributed by atoms with Crippen LogP contribution in [0.1, 0.15) is 65.2 Å². The molecule has 0 aromatic rings. The van der Waals surface area contributed by atoms with E-state index < -0.39 is 34.0 Å². The van der Waals surface area contributed by atoms with E-state index in [1.165, 1.54) is 12.5 Å². The molecule has 0 heterocycles. The van der Waals surface area contributed by atoms with Gasteiger partial charge in [-0.25, -0.2) is 4.79 Å². The number of carboxylic acid groups (broad SMARTS) is 1. The molecule has 0 aromatic heterocycles. The fourth-order valence-electron chi connectivity index (χ4n) is 2.56. The van der Waals surface area contributed by atoms with Crippen LogP contribution < -0.4 is 17.1 Å². The molecule has 234 valence electrons. The van der Waals surface area contributed by atoms with E-state index in [1.807, 2.05) is 33.8 Å². The summed E-state index contributed by atoms with van der Waals surface area (Å²) in [6.07, 6.45) is 7.01. The number of alkyl halides is 1. The van der Waals surface area contributed by atoms with Crippen molar-refractivity contribution in [2.45, 2.75) is 107 Å². The summed E-state index contributed by atoms with van der Waals surface area (Å²) >= 11 is 4.64. The number of rotatable bonds is 9. The fraction of sp³-hybridized carbons (Fsp3) is 0.621. The normalized spacial score (nSPS) is 9.97. The number of halogens is 2. The average Bonchev–Trinajstić information content (AvgIpc) is 2.59. The third-order valence-electron chi connectivity index (χ3n) is 3.67. The van der Waals surface area contributed by atoms with Gasteiger partial charge in [0, 0.05) is 12.5 Å². The fourth-order valence-corrected chi connectivity index (χ4v) is 11.6. The van der Waals surface area contributed by atoms with Gasteiger partial charge in [-0.3, -0.25) is 4.79 Å². The van der Waals surface area contributed by atoms with Crippen molar-refractivity contribution in [1.29, 1.82) is 0 Å². The molecular formula is C29H63Cl2Mg2NO4Si2. The van der Waals surface area contributed by atoms with Crippen molar-refractivity contribution in [2.24, 2.45) is 5.92 Å². The molecule has 0 aromatic carbocycles. The van der Waals surface area contributed by atoms with Gasteiger partial charge in [-0.05, 0) is 61.0 Å². The Morgan fingerprint density at radius 3 is 1.50 bits per heavy atom. The van der Waals surface area contributed by atoms with Crippen LogP contribution in [0.5, 0.6) is 0 Å². The maximum Gasteiger partial charge on any atom is 2.00 e. The second-order valence-corrected chi connectivity index (χ2v) is 21.3. The van der Waals surface area contributed by atoms with Gasteiger partial charge in [0.25, 0.3) is 0 Å². The standard InChI is InChI=1S/2C10H16O2.C6H19NSi2.CH3Cl.CH4.CH3.ClH.2Mg.2H/c1-7(2)5-6-9(8(3)4)10(11)12;1-6-10(4,5)12-9(11)7-8(2)3;1-8(2,3)7-9(4,5)6;1-2;;;;;;;/h5,9H,3,6H2,1-2,4H3,(H,11,12);6-7H,1H2,2-5H3;7H,1-6H3;1H3;1H4;1H3;1H;;;;/q;;;;;-1;;2*+2;2*-1/p-1. The molecule has 0 saturated heterocycles. The number of carbonyl (C=O) groups excluding carboxylic acids is 1. The van der Waals surface area contributed by atoms with E-state index in [-0.39, 0.29) is 82.2 Å². The van der Waals surface area contributed by atoms with Crippen molar-refractivity contribution < 1.29 is 34.7 Å². The molecule has 0 aliphatic rings. The first-order valence-electron chi connectivity index (χ1n) is 11.7. The van der Waals surface area contributed by atoms with Crippen LogP contribution in [0.3, 0.4) is 0 Å². The zero-order chi connectivity index (χ0) is 29.2. The zero-order valence-corrected chi connectivity index (χ0v) is 34.1. The monoisotopic (exact) mass is 663 g/mol. The zero-order valence-electron chi connectivity index (χ0n) is 29.8. The largest absolute Gasteiger partial charge is 2.00 e. The van der Waals surface area contributed by atoms with Crippen LogP contribution in [-0.4, -0.2) is 91.6 Å². The predicted molar refractivity (Wildman–Crippen MR) is 188 cm³/mol. The number of nitrogens with one attached hydrogen (secondary N) is 1. The molecule has 0 bridgehead atoms. The summed E-state index contributed by atoms with van der Waals surface area (Å²) in [6.45, 7) is 34.3. The Bertz CT molecular complexity index is 710. The van der Waals surface area contributed by atoms with E-state index in [4.69, 9.17) is 9.84 Å². The van der Waals surface area contributed by atoms with Crippen molar-refractivity contribution >= 4 is 86.1 Å². The van der Waals surface area contributed by atoms with Gasteiger partial charge in [-0.2, -0.15) is 0 Å². The number of ether oxygens (including phenoxy) is 1. The Morgan fingerprint density at radius 2 is 1.32 bits per heavy atom. The maximum absolute atomic E-state index is 11.1. The molecule has 0 aliphatic carbocycles. The van der Waals surface area contributed by atoms with Crippen LogP contribution in [-0.2, 0) is 14.3 Å². The van der Waals surface area contributed by atoms with Crippen molar-refractivity contribution in [1.82, 2.24) is 4.65 Å². The molecule has 40 heavy (non-hydrogen) atoms. The summed E-state index contributed by atoms with van der Waals surface area (Å²) in [5.41, 5.74) is 2.20.